The Morgan fingerprint density at radius 2 is 2.17 bits per heavy atom. The average molecular weight is 329 g/mol. The minimum Gasteiger partial charge on any atom is -0.368 e. The maximum Gasteiger partial charge on any atom is 0.160 e. The van der Waals surface area contributed by atoms with E-state index in [1.54, 1.807) is 17.4 Å². The Labute approximate surface area is 118 Å². The first kappa shape index (κ1) is 13.5. The van der Waals surface area contributed by atoms with Crippen LogP contribution < -0.4 is 10.6 Å². The van der Waals surface area contributed by atoms with Crippen molar-refractivity contribution in [2.24, 2.45) is 5.73 Å². The molecule has 0 saturated heterocycles. The van der Waals surface area contributed by atoms with Crippen LogP contribution in [0.1, 0.15) is 11.1 Å². The SMILES string of the molecule is CN(Cc1ccsc1)c1ccc(CN)c(Br)c1F. The van der Waals surface area contributed by atoms with Gasteiger partial charge in [0.15, 0.2) is 5.82 Å². The summed E-state index contributed by atoms with van der Waals surface area (Å²) in [6.45, 7) is 1.01. The van der Waals surface area contributed by atoms with E-state index in [1.807, 2.05) is 29.5 Å². The highest BCUT2D eigenvalue weighted by atomic mass is 79.9. The maximum atomic E-state index is 14.2. The van der Waals surface area contributed by atoms with Gasteiger partial charge in [-0.3, -0.25) is 0 Å². The Balaban J connectivity index is 2.25. The molecule has 0 saturated carbocycles. The van der Waals surface area contributed by atoms with Gasteiger partial charge in [0, 0.05) is 20.1 Å². The molecule has 0 fully saturated rings. The van der Waals surface area contributed by atoms with Crippen LogP contribution >= 0.6 is 27.3 Å². The zero-order valence-electron chi connectivity index (χ0n) is 9.99. The second-order valence-electron chi connectivity index (χ2n) is 4.06. The first-order chi connectivity index (χ1) is 8.63. The van der Waals surface area contributed by atoms with Gasteiger partial charge in [-0.25, -0.2) is 4.39 Å². The van der Waals surface area contributed by atoms with Gasteiger partial charge in [0.25, 0.3) is 0 Å². The average Bonchev–Trinajstić information content (AvgIpc) is 2.85. The molecule has 1 aromatic heterocycles. The van der Waals surface area contributed by atoms with Crippen LogP contribution in [-0.2, 0) is 13.1 Å². The number of nitrogens with two attached hydrogens (primary N) is 1. The molecule has 0 radical (unpaired) electrons. The second kappa shape index (κ2) is 5.82. The molecule has 2 nitrogen and oxygen atoms in total. The Hall–Kier alpha value is -0.910. The Kier molecular flexibility index (Phi) is 4.37. The molecule has 2 aromatic rings. The van der Waals surface area contributed by atoms with Crippen molar-refractivity contribution in [3.05, 3.63) is 50.4 Å². The van der Waals surface area contributed by atoms with Crippen LogP contribution in [0.4, 0.5) is 10.1 Å². The van der Waals surface area contributed by atoms with E-state index in [0.717, 1.165) is 5.56 Å². The van der Waals surface area contributed by atoms with Crippen molar-refractivity contribution < 1.29 is 4.39 Å². The van der Waals surface area contributed by atoms with Gasteiger partial charge in [-0.05, 0) is 49.9 Å². The molecule has 1 heterocycles. The van der Waals surface area contributed by atoms with E-state index in [0.29, 0.717) is 23.2 Å². The molecule has 0 unspecified atom stereocenters. The third-order valence-electron chi connectivity index (χ3n) is 2.77. The summed E-state index contributed by atoms with van der Waals surface area (Å²) in [4.78, 5) is 1.89. The summed E-state index contributed by atoms with van der Waals surface area (Å²) in [6.07, 6.45) is 0. The normalized spacial score (nSPS) is 10.7. The van der Waals surface area contributed by atoms with Gasteiger partial charge in [0.05, 0.1) is 10.2 Å². The molecule has 1 aromatic carbocycles. The molecule has 0 bridgehead atoms. The van der Waals surface area contributed by atoms with E-state index in [9.17, 15) is 4.39 Å². The van der Waals surface area contributed by atoms with E-state index in [-0.39, 0.29) is 5.82 Å². The molecular weight excluding hydrogens is 315 g/mol. The van der Waals surface area contributed by atoms with Crippen molar-refractivity contribution in [3.8, 4) is 0 Å². The summed E-state index contributed by atoms with van der Waals surface area (Å²) >= 11 is 4.90. The smallest absolute Gasteiger partial charge is 0.160 e. The predicted octanol–water partition coefficient (Wildman–Crippen LogP) is 3.74. The monoisotopic (exact) mass is 328 g/mol. The summed E-state index contributed by atoms with van der Waals surface area (Å²) < 4.78 is 14.6. The van der Waals surface area contributed by atoms with Gasteiger partial charge in [-0.1, -0.05) is 6.07 Å². The molecule has 5 heteroatoms. The van der Waals surface area contributed by atoms with Crippen LogP contribution in [0.15, 0.2) is 33.4 Å². The van der Waals surface area contributed by atoms with Crippen molar-refractivity contribution in [2.45, 2.75) is 13.1 Å². The van der Waals surface area contributed by atoms with E-state index >= 15 is 0 Å². The maximum absolute atomic E-state index is 14.2. The third kappa shape index (κ3) is 2.74. The summed E-state index contributed by atoms with van der Waals surface area (Å²) in [7, 11) is 1.88. The van der Waals surface area contributed by atoms with Crippen LogP contribution in [0.3, 0.4) is 0 Å². The standard InChI is InChI=1S/C13H14BrFN2S/c1-17(7-9-4-5-18-8-9)11-3-2-10(6-16)12(14)13(11)15/h2-5,8H,6-7,16H2,1H3. The van der Waals surface area contributed by atoms with Crippen LogP contribution in [0.25, 0.3) is 0 Å². The fourth-order valence-electron chi connectivity index (χ4n) is 1.77. The number of hydrogen-bond acceptors (Lipinski definition) is 3. The van der Waals surface area contributed by atoms with Gasteiger partial charge in [-0.2, -0.15) is 11.3 Å². The number of anilines is 1. The highest BCUT2D eigenvalue weighted by Crippen LogP contribution is 2.29. The molecular formula is C13H14BrFN2S. The van der Waals surface area contributed by atoms with Gasteiger partial charge in [-0.15, -0.1) is 0 Å². The Morgan fingerprint density at radius 1 is 1.39 bits per heavy atom. The van der Waals surface area contributed by atoms with E-state index < -0.39 is 0 Å². The number of thiophene rings is 1. The summed E-state index contributed by atoms with van der Waals surface area (Å²) in [5.41, 5.74) is 8.08. The number of rotatable bonds is 4. The molecule has 0 atom stereocenters. The number of hydrogen-bond donors (Lipinski definition) is 1. The zero-order chi connectivity index (χ0) is 13.1. The largest absolute Gasteiger partial charge is 0.368 e. The predicted molar refractivity (Wildman–Crippen MR) is 78.4 cm³/mol. The Morgan fingerprint density at radius 3 is 2.78 bits per heavy atom. The quantitative estimate of drug-likeness (QED) is 0.926. The van der Waals surface area contributed by atoms with Gasteiger partial charge in [0.2, 0.25) is 0 Å². The van der Waals surface area contributed by atoms with Crippen LogP contribution in [0, 0.1) is 5.82 Å². The summed E-state index contributed by atoms with van der Waals surface area (Å²) in [5.74, 6) is -0.254. The van der Waals surface area contributed by atoms with E-state index in [4.69, 9.17) is 5.73 Å². The second-order valence-corrected chi connectivity index (χ2v) is 5.64. The highest BCUT2D eigenvalue weighted by molar-refractivity contribution is 9.10. The minimum atomic E-state index is -0.254. The molecule has 0 amide bonds. The van der Waals surface area contributed by atoms with Crippen LogP contribution in [-0.4, -0.2) is 7.05 Å². The fraction of sp³-hybridized carbons (Fsp3) is 0.231. The van der Waals surface area contributed by atoms with Crippen molar-refractivity contribution in [3.63, 3.8) is 0 Å². The van der Waals surface area contributed by atoms with Crippen LogP contribution in [0.2, 0.25) is 0 Å². The third-order valence-corrected chi connectivity index (χ3v) is 4.36. The fourth-order valence-corrected chi connectivity index (χ4v) is 2.93. The summed E-state index contributed by atoms with van der Waals surface area (Å²) in [6, 6.07) is 5.67. The van der Waals surface area contributed by atoms with Crippen molar-refractivity contribution in [1.29, 1.82) is 0 Å². The van der Waals surface area contributed by atoms with Crippen molar-refractivity contribution >= 4 is 33.0 Å². The molecule has 0 aliphatic heterocycles. The van der Waals surface area contributed by atoms with Gasteiger partial charge < -0.3 is 10.6 Å². The summed E-state index contributed by atoms with van der Waals surface area (Å²) in [5, 5.41) is 4.09. The number of halogens is 2. The molecule has 96 valence electrons. The number of benzene rings is 1. The lowest BCUT2D eigenvalue weighted by Crippen LogP contribution is -2.18. The molecule has 2 N–H and O–H groups in total. The van der Waals surface area contributed by atoms with Gasteiger partial charge >= 0.3 is 0 Å². The first-order valence-electron chi connectivity index (χ1n) is 5.52. The van der Waals surface area contributed by atoms with Crippen molar-refractivity contribution in [1.82, 2.24) is 0 Å². The molecule has 0 aliphatic rings. The van der Waals surface area contributed by atoms with Crippen molar-refractivity contribution in [2.75, 3.05) is 11.9 Å². The molecule has 18 heavy (non-hydrogen) atoms. The Bertz CT molecular complexity index is 528. The first-order valence-corrected chi connectivity index (χ1v) is 7.26. The highest BCUT2D eigenvalue weighted by Gasteiger charge is 2.13. The lowest BCUT2D eigenvalue weighted by atomic mass is 10.2. The minimum absolute atomic E-state index is 0.254. The van der Waals surface area contributed by atoms with E-state index in [1.165, 1.54) is 5.56 Å². The lowest BCUT2D eigenvalue weighted by Gasteiger charge is -2.20. The molecule has 0 spiro atoms. The zero-order valence-corrected chi connectivity index (χ0v) is 12.4. The number of nitrogens with zero attached hydrogens (tertiary/aromatic N) is 1. The topological polar surface area (TPSA) is 29.3 Å². The van der Waals surface area contributed by atoms with Crippen LogP contribution in [0.5, 0.6) is 0 Å². The lowest BCUT2D eigenvalue weighted by molar-refractivity contribution is 0.613. The molecule has 2 rings (SSSR count). The van der Waals surface area contributed by atoms with Gasteiger partial charge in [0.1, 0.15) is 0 Å². The van der Waals surface area contributed by atoms with E-state index in [2.05, 4.69) is 21.3 Å². The molecule has 0 aliphatic carbocycles.